The molecule has 1 aromatic heterocycles. The second kappa shape index (κ2) is 3.02. The van der Waals surface area contributed by atoms with Gasteiger partial charge < -0.3 is 16.4 Å². The number of pyridine rings is 1. The molecule has 2 heterocycles. The summed E-state index contributed by atoms with van der Waals surface area (Å²) < 4.78 is 0. The number of nitrogens with two attached hydrogens (primary N) is 1. The van der Waals surface area contributed by atoms with E-state index < -0.39 is 0 Å². The van der Waals surface area contributed by atoms with Gasteiger partial charge in [0.05, 0.1) is 5.69 Å². The van der Waals surface area contributed by atoms with Gasteiger partial charge in [0.2, 0.25) is 5.91 Å². The minimum atomic E-state index is -0.373. The third kappa shape index (κ3) is 1.33. The van der Waals surface area contributed by atoms with Gasteiger partial charge in [-0.2, -0.15) is 0 Å². The highest BCUT2D eigenvalue weighted by molar-refractivity contribution is 6.02. The standard InChI is InChI=1S/C8H10N4O/c9-4-6-8(13)12-5-2-1-3-10-7(5)11-6/h1-3,6H,4,9H2,(H,10,11)(H,12,13)/t6-/m1/s1. The van der Waals surface area contributed by atoms with Gasteiger partial charge in [-0.3, -0.25) is 4.79 Å². The molecule has 0 bridgehead atoms. The summed E-state index contributed by atoms with van der Waals surface area (Å²) in [6.07, 6.45) is 1.66. The fourth-order valence-corrected chi connectivity index (χ4v) is 1.24. The minimum absolute atomic E-state index is 0.108. The van der Waals surface area contributed by atoms with E-state index in [2.05, 4.69) is 15.6 Å². The third-order valence-electron chi connectivity index (χ3n) is 1.93. The Morgan fingerprint density at radius 1 is 1.62 bits per heavy atom. The summed E-state index contributed by atoms with van der Waals surface area (Å²) in [5.74, 6) is 0.570. The number of anilines is 2. The predicted molar refractivity (Wildman–Crippen MR) is 49.3 cm³/mol. The molecule has 0 spiro atoms. The Morgan fingerprint density at radius 3 is 3.23 bits per heavy atom. The highest BCUT2D eigenvalue weighted by Crippen LogP contribution is 2.22. The Morgan fingerprint density at radius 2 is 2.46 bits per heavy atom. The maximum Gasteiger partial charge on any atom is 0.248 e. The summed E-state index contributed by atoms with van der Waals surface area (Å²) in [7, 11) is 0. The SMILES string of the molecule is NC[C@H]1Nc2ncccc2NC1=O. The number of fused-ring (bicyclic) bond motifs is 1. The van der Waals surface area contributed by atoms with Crippen molar-refractivity contribution in [3.05, 3.63) is 18.3 Å². The number of amides is 1. The van der Waals surface area contributed by atoms with Crippen molar-refractivity contribution in [2.45, 2.75) is 6.04 Å². The van der Waals surface area contributed by atoms with Crippen molar-refractivity contribution in [2.75, 3.05) is 17.2 Å². The molecule has 1 aliphatic rings. The van der Waals surface area contributed by atoms with Crippen LogP contribution in [0, 0.1) is 0 Å². The average Bonchev–Trinajstić information content (AvgIpc) is 2.17. The maximum absolute atomic E-state index is 11.3. The Labute approximate surface area is 75.3 Å². The van der Waals surface area contributed by atoms with E-state index in [4.69, 9.17) is 5.73 Å². The van der Waals surface area contributed by atoms with Crippen LogP contribution in [0.15, 0.2) is 18.3 Å². The number of carbonyl (C=O) groups is 1. The average molecular weight is 178 g/mol. The van der Waals surface area contributed by atoms with E-state index in [1.54, 1.807) is 18.3 Å². The quantitative estimate of drug-likeness (QED) is 0.555. The molecular weight excluding hydrogens is 168 g/mol. The van der Waals surface area contributed by atoms with Crippen molar-refractivity contribution in [2.24, 2.45) is 5.73 Å². The van der Waals surface area contributed by atoms with E-state index in [9.17, 15) is 4.79 Å². The molecule has 0 radical (unpaired) electrons. The summed E-state index contributed by atoms with van der Waals surface area (Å²) in [5.41, 5.74) is 6.11. The lowest BCUT2D eigenvalue weighted by Gasteiger charge is -2.24. The lowest BCUT2D eigenvalue weighted by atomic mass is 10.2. The van der Waals surface area contributed by atoms with E-state index in [1.807, 2.05) is 0 Å². The summed E-state index contributed by atoms with van der Waals surface area (Å²) in [6, 6.07) is 3.19. The van der Waals surface area contributed by atoms with Crippen LogP contribution in [0.3, 0.4) is 0 Å². The third-order valence-corrected chi connectivity index (χ3v) is 1.93. The van der Waals surface area contributed by atoms with Crippen LogP contribution in [-0.2, 0) is 4.79 Å². The van der Waals surface area contributed by atoms with E-state index in [-0.39, 0.29) is 18.5 Å². The molecule has 5 nitrogen and oxygen atoms in total. The molecule has 68 valence electrons. The number of nitrogens with zero attached hydrogens (tertiary/aromatic N) is 1. The Hall–Kier alpha value is -1.62. The first-order valence-corrected chi connectivity index (χ1v) is 4.04. The van der Waals surface area contributed by atoms with Crippen LogP contribution in [0.25, 0.3) is 0 Å². The molecule has 0 aromatic carbocycles. The van der Waals surface area contributed by atoms with Crippen molar-refractivity contribution in [1.82, 2.24) is 4.98 Å². The van der Waals surface area contributed by atoms with Crippen LogP contribution in [0.4, 0.5) is 11.5 Å². The number of carbonyl (C=O) groups excluding carboxylic acids is 1. The van der Waals surface area contributed by atoms with Crippen LogP contribution in [-0.4, -0.2) is 23.5 Å². The number of rotatable bonds is 1. The Kier molecular flexibility index (Phi) is 1.86. The molecule has 1 aromatic rings. The molecule has 4 N–H and O–H groups in total. The minimum Gasteiger partial charge on any atom is -0.356 e. The molecule has 0 fully saturated rings. The lowest BCUT2D eigenvalue weighted by Crippen LogP contribution is -2.44. The number of aromatic nitrogens is 1. The van der Waals surface area contributed by atoms with Gasteiger partial charge in [0.25, 0.3) is 0 Å². The number of hydrogen-bond acceptors (Lipinski definition) is 4. The van der Waals surface area contributed by atoms with Crippen molar-refractivity contribution < 1.29 is 4.79 Å². The zero-order valence-corrected chi connectivity index (χ0v) is 6.95. The molecule has 0 saturated heterocycles. The molecule has 0 aliphatic carbocycles. The fraction of sp³-hybridized carbons (Fsp3) is 0.250. The zero-order chi connectivity index (χ0) is 9.26. The zero-order valence-electron chi connectivity index (χ0n) is 6.95. The number of nitrogens with one attached hydrogen (secondary N) is 2. The van der Waals surface area contributed by atoms with Crippen LogP contribution < -0.4 is 16.4 Å². The van der Waals surface area contributed by atoms with Crippen molar-refractivity contribution in [3.8, 4) is 0 Å². The van der Waals surface area contributed by atoms with Gasteiger partial charge in [-0.1, -0.05) is 0 Å². The summed E-state index contributed by atoms with van der Waals surface area (Å²) >= 11 is 0. The molecular formula is C8H10N4O. The van der Waals surface area contributed by atoms with Gasteiger partial charge in [-0.15, -0.1) is 0 Å². The largest absolute Gasteiger partial charge is 0.356 e. The van der Waals surface area contributed by atoms with Crippen molar-refractivity contribution in [1.29, 1.82) is 0 Å². The molecule has 0 saturated carbocycles. The summed E-state index contributed by atoms with van der Waals surface area (Å²) in [4.78, 5) is 15.4. The first-order chi connectivity index (χ1) is 6.31. The highest BCUT2D eigenvalue weighted by atomic mass is 16.2. The Balaban J connectivity index is 2.33. The predicted octanol–water partition coefficient (Wildman–Crippen LogP) is -0.227. The molecule has 1 atom stereocenters. The van der Waals surface area contributed by atoms with E-state index in [1.165, 1.54) is 0 Å². The second-order valence-corrected chi connectivity index (χ2v) is 2.82. The first-order valence-electron chi connectivity index (χ1n) is 4.04. The van der Waals surface area contributed by atoms with Gasteiger partial charge in [-0.05, 0) is 12.1 Å². The fourth-order valence-electron chi connectivity index (χ4n) is 1.24. The van der Waals surface area contributed by atoms with Gasteiger partial charge in [0.1, 0.15) is 11.9 Å². The number of hydrogen-bond donors (Lipinski definition) is 3. The summed E-state index contributed by atoms with van der Waals surface area (Å²) in [6.45, 7) is 0.266. The molecule has 13 heavy (non-hydrogen) atoms. The molecule has 1 amide bonds. The van der Waals surface area contributed by atoms with E-state index in [0.29, 0.717) is 11.5 Å². The van der Waals surface area contributed by atoms with Crippen LogP contribution >= 0.6 is 0 Å². The Bertz CT molecular complexity index is 339. The van der Waals surface area contributed by atoms with Gasteiger partial charge in [0.15, 0.2) is 0 Å². The molecule has 5 heteroatoms. The summed E-state index contributed by atoms with van der Waals surface area (Å²) in [5, 5.41) is 5.67. The van der Waals surface area contributed by atoms with Crippen molar-refractivity contribution in [3.63, 3.8) is 0 Å². The van der Waals surface area contributed by atoms with Crippen LogP contribution in [0.5, 0.6) is 0 Å². The topological polar surface area (TPSA) is 80.0 Å². The van der Waals surface area contributed by atoms with Gasteiger partial charge in [0, 0.05) is 12.7 Å². The van der Waals surface area contributed by atoms with Gasteiger partial charge in [-0.25, -0.2) is 4.98 Å². The second-order valence-electron chi connectivity index (χ2n) is 2.82. The van der Waals surface area contributed by atoms with Crippen molar-refractivity contribution >= 4 is 17.4 Å². The maximum atomic E-state index is 11.3. The molecule has 2 rings (SSSR count). The molecule has 0 unspecified atom stereocenters. The highest BCUT2D eigenvalue weighted by Gasteiger charge is 2.24. The van der Waals surface area contributed by atoms with Crippen LogP contribution in [0.2, 0.25) is 0 Å². The lowest BCUT2D eigenvalue weighted by molar-refractivity contribution is -0.116. The first kappa shape index (κ1) is 8.00. The van der Waals surface area contributed by atoms with E-state index >= 15 is 0 Å². The van der Waals surface area contributed by atoms with E-state index in [0.717, 1.165) is 0 Å². The normalized spacial score (nSPS) is 20.1. The monoisotopic (exact) mass is 178 g/mol. The smallest absolute Gasteiger partial charge is 0.248 e. The molecule has 1 aliphatic heterocycles. The van der Waals surface area contributed by atoms with Crippen LogP contribution in [0.1, 0.15) is 0 Å². The van der Waals surface area contributed by atoms with Gasteiger partial charge >= 0.3 is 0 Å².